The number of benzene rings is 1. The van der Waals surface area contributed by atoms with Crippen LogP contribution in [0.2, 0.25) is 0 Å². The number of alkyl halides is 3. The second kappa shape index (κ2) is 6.79. The minimum absolute atomic E-state index is 0.0968. The van der Waals surface area contributed by atoms with Gasteiger partial charge >= 0.3 is 6.18 Å². The van der Waals surface area contributed by atoms with Crippen molar-refractivity contribution in [3.63, 3.8) is 0 Å². The summed E-state index contributed by atoms with van der Waals surface area (Å²) in [5.41, 5.74) is 1.52. The molecular formula is C19H19F3N2OS. The van der Waals surface area contributed by atoms with Crippen LogP contribution in [0.25, 0.3) is 10.2 Å². The third kappa shape index (κ3) is 3.49. The van der Waals surface area contributed by atoms with E-state index in [4.69, 9.17) is 0 Å². The molecule has 3 rings (SSSR count). The highest BCUT2D eigenvalue weighted by molar-refractivity contribution is 7.19. The molecule has 1 amide bonds. The van der Waals surface area contributed by atoms with Crippen molar-refractivity contribution in [2.75, 3.05) is 13.6 Å². The highest BCUT2D eigenvalue weighted by Crippen LogP contribution is 2.31. The molecular weight excluding hydrogens is 361 g/mol. The molecule has 3 aromatic rings. The molecule has 0 aliphatic carbocycles. The van der Waals surface area contributed by atoms with E-state index in [-0.39, 0.29) is 5.91 Å². The number of aryl methyl sites for hydroxylation is 1. The Kier molecular flexibility index (Phi) is 4.84. The summed E-state index contributed by atoms with van der Waals surface area (Å²) in [5, 5.41) is 0. The molecule has 0 spiro atoms. The second-order valence-corrected chi connectivity index (χ2v) is 7.52. The zero-order chi connectivity index (χ0) is 19.1. The molecule has 0 radical (unpaired) electrons. The van der Waals surface area contributed by atoms with Crippen molar-refractivity contribution in [1.82, 2.24) is 9.47 Å². The highest BCUT2D eigenvalue weighted by Gasteiger charge is 2.30. The largest absolute Gasteiger partial charge is 0.416 e. The van der Waals surface area contributed by atoms with E-state index in [0.717, 1.165) is 27.2 Å². The summed E-state index contributed by atoms with van der Waals surface area (Å²) in [5.74, 6) is -0.0968. The van der Waals surface area contributed by atoms with Crippen molar-refractivity contribution in [3.8, 4) is 0 Å². The van der Waals surface area contributed by atoms with Crippen molar-refractivity contribution in [2.24, 2.45) is 0 Å². The molecule has 2 heterocycles. The molecule has 0 bridgehead atoms. The number of nitrogens with zero attached hydrogens (tertiary/aromatic N) is 2. The number of thiophene rings is 1. The number of carbonyl (C=O) groups is 1. The van der Waals surface area contributed by atoms with E-state index in [1.807, 2.05) is 30.5 Å². The van der Waals surface area contributed by atoms with Gasteiger partial charge < -0.3 is 9.47 Å². The fourth-order valence-electron chi connectivity index (χ4n) is 2.83. The third-order valence-electron chi connectivity index (χ3n) is 4.37. The number of aromatic nitrogens is 1. The van der Waals surface area contributed by atoms with Gasteiger partial charge in [-0.3, -0.25) is 4.79 Å². The summed E-state index contributed by atoms with van der Waals surface area (Å²) in [6.07, 6.45) is -4.35. The normalized spacial score (nSPS) is 11.9. The summed E-state index contributed by atoms with van der Waals surface area (Å²) in [6, 6.07) is 8.96. The van der Waals surface area contributed by atoms with E-state index in [9.17, 15) is 18.0 Å². The van der Waals surface area contributed by atoms with Crippen LogP contribution in [0.3, 0.4) is 0 Å². The van der Waals surface area contributed by atoms with E-state index in [1.54, 1.807) is 23.3 Å². The standard InChI is InChI=1S/C19H19F3N2OS/c1-4-23(3)18(25)16-10-17-15(9-12(2)26-17)24(16)11-13-5-7-14(8-6-13)19(20,21)22/h5-10H,4,11H2,1-3H3. The van der Waals surface area contributed by atoms with Crippen molar-refractivity contribution in [1.29, 1.82) is 0 Å². The Labute approximate surface area is 153 Å². The monoisotopic (exact) mass is 380 g/mol. The van der Waals surface area contributed by atoms with Crippen LogP contribution in [-0.2, 0) is 12.7 Å². The summed E-state index contributed by atoms with van der Waals surface area (Å²) < 4.78 is 41.1. The number of hydrogen-bond acceptors (Lipinski definition) is 2. The molecule has 26 heavy (non-hydrogen) atoms. The van der Waals surface area contributed by atoms with Crippen LogP contribution in [0.5, 0.6) is 0 Å². The smallest absolute Gasteiger partial charge is 0.341 e. The first-order chi connectivity index (χ1) is 12.2. The Morgan fingerprint density at radius 2 is 1.85 bits per heavy atom. The van der Waals surface area contributed by atoms with Crippen LogP contribution >= 0.6 is 11.3 Å². The van der Waals surface area contributed by atoms with E-state index < -0.39 is 11.7 Å². The topological polar surface area (TPSA) is 25.2 Å². The first-order valence-electron chi connectivity index (χ1n) is 8.22. The average Bonchev–Trinajstić information content (AvgIpc) is 3.10. The Hall–Kier alpha value is -2.28. The fourth-order valence-corrected chi connectivity index (χ4v) is 3.80. The molecule has 0 aliphatic heterocycles. The van der Waals surface area contributed by atoms with E-state index >= 15 is 0 Å². The van der Waals surface area contributed by atoms with Crippen LogP contribution in [0, 0.1) is 6.92 Å². The first-order valence-corrected chi connectivity index (χ1v) is 9.03. The van der Waals surface area contributed by atoms with Crippen LogP contribution < -0.4 is 0 Å². The zero-order valence-corrected chi connectivity index (χ0v) is 15.5. The number of hydrogen-bond donors (Lipinski definition) is 0. The van der Waals surface area contributed by atoms with Crippen LogP contribution in [-0.4, -0.2) is 29.0 Å². The molecule has 2 aromatic heterocycles. The molecule has 0 fully saturated rings. The minimum Gasteiger partial charge on any atom is -0.341 e. The maximum absolute atomic E-state index is 12.8. The quantitative estimate of drug-likeness (QED) is 0.613. The first kappa shape index (κ1) is 18.5. The summed E-state index contributed by atoms with van der Waals surface area (Å²) >= 11 is 1.60. The van der Waals surface area contributed by atoms with Crippen molar-refractivity contribution < 1.29 is 18.0 Å². The lowest BCUT2D eigenvalue weighted by molar-refractivity contribution is -0.137. The highest BCUT2D eigenvalue weighted by atomic mass is 32.1. The predicted molar refractivity (Wildman–Crippen MR) is 97.7 cm³/mol. The van der Waals surface area contributed by atoms with Gasteiger partial charge in [0.2, 0.25) is 0 Å². The summed E-state index contributed by atoms with van der Waals surface area (Å²) in [6.45, 7) is 4.81. The summed E-state index contributed by atoms with van der Waals surface area (Å²) in [7, 11) is 1.73. The van der Waals surface area contributed by atoms with Gasteiger partial charge in [0, 0.05) is 25.0 Å². The lowest BCUT2D eigenvalue weighted by Crippen LogP contribution is -2.28. The Bertz CT molecular complexity index is 938. The molecule has 3 nitrogen and oxygen atoms in total. The van der Waals surface area contributed by atoms with Gasteiger partial charge in [-0.15, -0.1) is 11.3 Å². The van der Waals surface area contributed by atoms with Crippen molar-refractivity contribution in [3.05, 3.63) is 58.1 Å². The molecule has 138 valence electrons. The van der Waals surface area contributed by atoms with Gasteiger partial charge in [0.15, 0.2) is 0 Å². The van der Waals surface area contributed by atoms with E-state index in [2.05, 4.69) is 0 Å². The van der Waals surface area contributed by atoms with E-state index in [0.29, 0.717) is 24.3 Å². The molecule has 7 heteroatoms. The molecule has 1 aromatic carbocycles. The number of rotatable bonds is 4. The minimum atomic E-state index is -4.35. The second-order valence-electron chi connectivity index (χ2n) is 6.24. The number of fused-ring (bicyclic) bond motifs is 1. The average molecular weight is 380 g/mol. The fraction of sp³-hybridized carbons (Fsp3) is 0.316. The van der Waals surface area contributed by atoms with Gasteiger partial charge in [-0.05, 0) is 43.7 Å². The number of halogens is 3. The van der Waals surface area contributed by atoms with Gasteiger partial charge in [0.1, 0.15) is 5.69 Å². The number of amides is 1. The molecule has 0 saturated heterocycles. The molecule has 0 aliphatic rings. The predicted octanol–water partition coefficient (Wildman–Crippen LogP) is 5.17. The molecule has 0 saturated carbocycles. The Balaban J connectivity index is 2.01. The zero-order valence-electron chi connectivity index (χ0n) is 14.7. The lowest BCUT2D eigenvalue weighted by atomic mass is 10.1. The Morgan fingerprint density at radius 1 is 1.19 bits per heavy atom. The van der Waals surface area contributed by atoms with Crippen molar-refractivity contribution >= 4 is 27.5 Å². The van der Waals surface area contributed by atoms with Gasteiger partial charge in [0.25, 0.3) is 5.91 Å². The van der Waals surface area contributed by atoms with Gasteiger partial charge in [-0.1, -0.05) is 12.1 Å². The number of carbonyl (C=O) groups excluding carboxylic acids is 1. The Morgan fingerprint density at radius 3 is 2.42 bits per heavy atom. The van der Waals surface area contributed by atoms with Gasteiger partial charge in [0.05, 0.1) is 15.8 Å². The van der Waals surface area contributed by atoms with Crippen LogP contribution in [0.1, 0.15) is 33.4 Å². The molecule has 0 N–H and O–H groups in total. The third-order valence-corrected chi connectivity index (χ3v) is 5.36. The van der Waals surface area contributed by atoms with Gasteiger partial charge in [-0.2, -0.15) is 13.2 Å². The molecule has 0 unspecified atom stereocenters. The summed E-state index contributed by atoms with van der Waals surface area (Å²) in [4.78, 5) is 15.4. The van der Waals surface area contributed by atoms with Crippen molar-refractivity contribution in [2.45, 2.75) is 26.6 Å². The van der Waals surface area contributed by atoms with Crippen LogP contribution in [0.15, 0.2) is 36.4 Å². The maximum atomic E-state index is 12.8. The SMILES string of the molecule is CCN(C)C(=O)c1cc2sc(C)cc2n1Cc1ccc(C(F)(F)F)cc1. The van der Waals surface area contributed by atoms with E-state index in [1.165, 1.54) is 12.1 Å². The lowest BCUT2D eigenvalue weighted by Gasteiger charge is -2.17. The van der Waals surface area contributed by atoms with Crippen LogP contribution in [0.4, 0.5) is 13.2 Å². The van der Waals surface area contributed by atoms with Gasteiger partial charge in [-0.25, -0.2) is 0 Å². The molecule has 0 atom stereocenters. The maximum Gasteiger partial charge on any atom is 0.416 e.